The number of nitrogens with zero attached hydrogens (tertiary/aromatic N) is 1. The van der Waals surface area contributed by atoms with E-state index in [2.05, 4.69) is 12.2 Å². The molecule has 2 aromatic carbocycles. The van der Waals surface area contributed by atoms with E-state index in [1.165, 1.54) is 0 Å². The van der Waals surface area contributed by atoms with E-state index in [1.807, 2.05) is 37.3 Å². The van der Waals surface area contributed by atoms with E-state index in [0.29, 0.717) is 31.3 Å². The molecule has 1 fully saturated rings. The van der Waals surface area contributed by atoms with Gasteiger partial charge in [0.25, 0.3) is 5.91 Å². The van der Waals surface area contributed by atoms with Gasteiger partial charge >= 0.3 is 0 Å². The van der Waals surface area contributed by atoms with Gasteiger partial charge in [0.2, 0.25) is 10.0 Å². The van der Waals surface area contributed by atoms with Crippen molar-refractivity contribution in [2.45, 2.75) is 50.0 Å². The second-order valence-electron chi connectivity index (χ2n) is 8.66. The molecule has 1 N–H and O–H groups in total. The van der Waals surface area contributed by atoms with Crippen LogP contribution in [-0.2, 0) is 21.2 Å². The summed E-state index contributed by atoms with van der Waals surface area (Å²) in [5.74, 6) is 0.557. The molecule has 2 heterocycles. The monoisotopic (exact) mass is 442 g/mol. The normalized spacial score (nSPS) is 23.7. The first-order chi connectivity index (χ1) is 14.9. The van der Waals surface area contributed by atoms with Gasteiger partial charge in [-0.2, -0.15) is 4.31 Å². The van der Waals surface area contributed by atoms with Crippen LogP contribution in [0, 0.1) is 5.92 Å². The van der Waals surface area contributed by atoms with Gasteiger partial charge < -0.3 is 10.1 Å². The maximum absolute atomic E-state index is 13.1. The summed E-state index contributed by atoms with van der Waals surface area (Å²) in [5.41, 5.74) is 1.93. The van der Waals surface area contributed by atoms with Crippen molar-refractivity contribution >= 4 is 15.9 Å². The lowest BCUT2D eigenvalue weighted by atomic mass is 9.97. The molecule has 1 saturated heterocycles. The largest absolute Gasteiger partial charge is 0.480 e. The summed E-state index contributed by atoms with van der Waals surface area (Å²) in [6, 6.07) is 14.9. The molecule has 2 aliphatic heterocycles. The SMILES string of the molecule is CC1CCCN(S(=O)(=O)c2ccc3c(c2)C(C)C(C(=O)NCCc2ccccc2)O3)C1. The first-order valence-corrected chi connectivity index (χ1v) is 12.4. The van der Waals surface area contributed by atoms with Gasteiger partial charge in [0.15, 0.2) is 6.10 Å². The summed E-state index contributed by atoms with van der Waals surface area (Å²) in [4.78, 5) is 13.0. The van der Waals surface area contributed by atoms with Crippen molar-refractivity contribution in [3.8, 4) is 5.75 Å². The van der Waals surface area contributed by atoms with Crippen LogP contribution in [0.5, 0.6) is 5.75 Å². The number of nitrogens with one attached hydrogen (secondary N) is 1. The highest BCUT2D eigenvalue weighted by atomic mass is 32.2. The van der Waals surface area contributed by atoms with Crippen LogP contribution in [0.1, 0.15) is 43.7 Å². The molecular weight excluding hydrogens is 412 g/mol. The molecule has 0 spiro atoms. The first-order valence-electron chi connectivity index (χ1n) is 11.0. The number of piperidine rings is 1. The van der Waals surface area contributed by atoms with Crippen LogP contribution in [0.4, 0.5) is 0 Å². The van der Waals surface area contributed by atoms with Crippen molar-refractivity contribution in [3.05, 3.63) is 59.7 Å². The van der Waals surface area contributed by atoms with Gasteiger partial charge in [0.1, 0.15) is 5.75 Å². The van der Waals surface area contributed by atoms with Gasteiger partial charge in [-0.05, 0) is 48.9 Å². The van der Waals surface area contributed by atoms with Crippen molar-refractivity contribution in [2.75, 3.05) is 19.6 Å². The number of hydrogen-bond acceptors (Lipinski definition) is 4. The molecule has 0 aromatic heterocycles. The quantitative estimate of drug-likeness (QED) is 0.745. The Kier molecular flexibility index (Phi) is 6.34. The summed E-state index contributed by atoms with van der Waals surface area (Å²) in [6.45, 7) is 5.63. The Balaban J connectivity index is 1.43. The maximum Gasteiger partial charge on any atom is 0.261 e. The Bertz CT molecular complexity index is 1040. The van der Waals surface area contributed by atoms with Crippen LogP contribution in [0.15, 0.2) is 53.4 Å². The van der Waals surface area contributed by atoms with Gasteiger partial charge in [0.05, 0.1) is 4.90 Å². The topological polar surface area (TPSA) is 75.7 Å². The molecule has 3 unspecified atom stereocenters. The van der Waals surface area contributed by atoms with E-state index in [4.69, 9.17) is 4.74 Å². The van der Waals surface area contributed by atoms with Crippen LogP contribution in [0.3, 0.4) is 0 Å². The molecule has 0 bridgehead atoms. The molecule has 6 nitrogen and oxygen atoms in total. The Morgan fingerprint density at radius 2 is 1.94 bits per heavy atom. The highest BCUT2D eigenvalue weighted by Crippen LogP contribution is 2.40. The van der Waals surface area contributed by atoms with Gasteiger partial charge in [-0.15, -0.1) is 0 Å². The molecule has 0 saturated carbocycles. The molecule has 3 atom stereocenters. The van der Waals surface area contributed by atoms with Crippen molar-refractivity contribution in [2.24, 2.45) is 5.92 Å². The lowest BCUT2D eigenvalue weighted by molar-refractivity contribution is -0.127. The summed E-state index contributed by atoms with van der Waals surface area (Å²) in [7, 11) is -3.55. The molecule has 4 rings (SSSR count). The number of rotatable bonds is 6. The van der Waals surface area contributed by atoms with Crippen LogP contribution < -0.4 is 10.1 Å². The standard InChI is InChI=1S/C24H30N2O4S/c1-17-7-6-14-26(16-17)31(28,29)20-10-11-22-21(15-20)18(2)23(30-22)24(27)25-13-12-19-8-4-3-5-9-19/h3-5,8-11,15,17-18,23H,6-7,12-14,16H2,1-2H3,(H,25,27). The maximum atomic E-state index is 13.1. The van der Waals surface area contributed by atoms with Gasteiger partial charge in [0, 0.05) is 31.1 Å². The Morgan fingerprint density at radius 1 is 1.16 bits per heavy atom. The minimum absolute atomic E-state index is 0.172. The van der Waals surface area contributed by atoms with E-state index in [-0.39, 0.29) is 16.7 Å². The minimum atomic E-state index is -3.55. The highest BCUT2D eigenvalue weighted by Gasteiger charge is 2.38. The summed E-state index contributed by atoms with van der Waals surface area (Å²) in [6.07, 6.45) is 2.04. The average Bonchev–Trinajstić information content (AvgIpc) is 3.10. The van der Waals surface area contributed by atoms with Crippen LogP contribution in [-0.4, -0.2) is 44.4 Å². The van der Waals surface area contributed by atoms with Crippen molar-refractivity contribution in [1.82, 2.24) is 9.62 Å². The van der Waals surface area contributed by atoms with Gasteiger partial charge in [-0.25, -0.2) is 8.42 Å². The zero-order valence-corrected chi connectivity index (χ0v) is 18.9. The number of fused-ring (bicyclic) bond motifs is 1. The van der Waals surface area contributed by atoms with Crippen LogP contribution in [0.25, 0.3) is 0 Å². The first kappa shape index (κ1) is 21.8. The lowest BCUT2D eigenvalue weighted by Crippen LogP contribution is -2.39. The number of amides is 1. The number of sulfonamides is 1. The number of hydrogen-bond donors (Lipinski definition) is 1. The Morgan fingerprint density at radius 3 is 2.68 bits per heavy atom. The number of carbonyl (C=O) groups excluding carboxylic acids is 1. The summed E-state index contributed by atoms with van der Waals surface area (Å²) < 4.78 is 33.7. The van der Waals surface area contributed by atoms with Crippen LogP contribution >= 0.6 is 0 Å². The zero-order chi connectivity index (χ0) is 22.0. The molecule has 0 aliphatic carbocycles. The van der Waals surface area contributed by atoms with Crippen molar-refractivity contribution in [1.29, 1.82) is 0 Å². The highest BCUT2D eigenvalue weighted by molar-refractivity contribution is 7.89. The van der Waals surface area contributed by atoms with Gasteiger partial charge in [-0.3, -0.25) is 4.79 Å². The molecule has 2 aromatic rings. The molecule has 1 amide bonds. The van der Waals surface area contributed by atoms with Crippen molar-refractivity contribution in [3.63, 3.8) is 0 Å². The Labute approximate surface area is 184 Å². The zero-order valence-electron chi connectivity index (χ0n) is 18.1. The van der Waals surface area contributed by atoms with Gasteiger partial charge in [-0.1, -0.05) is 44.2 Å². The third-order valence-corrected chi connectivity index (χ3v) is 8.11. The number of benzene rings is 2. The van der Waals surface area contributed by atoms with E-state index >= 15 is 0 Å². The Hall–Kier alpha value is -2.38. The third kappa shape index (κ3) is 4.62. The second-order valence-corrected chi connectivity index (χ2v) is 10.6. The van der Waals surface area contributed by atoms with E-state index in [0.717, 1.165) is 30.4 Å². The average molecular weight is 443 g/mol. The van der Waals surface area contributed by atoms with E-state index in [1.54, 1.807) is 22.5 Å². The minimum Gasteiger partial charge on any atom is -0.480 e. The molecule has 7 heteroatoms. The predicted molar refractivity (Wildman–Crippen MR) is 120 cm³/mol. The summed E-state index contributed by atoms with van der Waals surface area (Å²) >= 11 is 0. The van der Waals surface area contributed by atoms with E-state index < -0.39 is 16.1 Å². The smallest absolute Gasteiger partial charge is 0.261 e. The van der Waals surface area contributed by atoms with E-state index in [9.17, 15) is 13.2 Å². The molecule has 2 aliphatic rings. The molecule has 31 heavy (non-hydrogen) atoms. The fourth-order valence-corrected chi connectivity index (χ4v) is 6.06. The summed E-state index contributed by atoms with van der Waals surface area (Å²) in [5, 5.41) is 2.95. The number of carbonyl (C=O) groups is 1. The third-order valence-electron chi connectivity index (χ3n) is 6.25. The number of ether oxygens (including phenoxy) is 1. The molecule has 166 valence electrons. The lowest BCUT2D eigenvalue weighted by Gasteiger charge is -2.30. The second kappa shape index (κ2) is 9.01. The predicted octanol–water partition coefficient (Wildman–Crippen LogP) is 3.33. The fourth-order valence-electron chi connectivity index (χ4n) is 4.42. The molecule has 0 radical (unpaired) electrons. The van der Waals surface area contributed by atoms with Crippen LogP contribution in [0.2, 0.25) is 0 Å². The molecular formula is C24H30N2O4S. The van der Waals surface area contributed by atoms with Crippen molar-refractivity contribution < 1.29 is 17.9 Å². The fraction of sp³-hybridized carbons (Fsp3) is 0.458.